The molecule has 2 N–H and O–H groups in total. The van der Waals surface area contributed by atoms with Crippen LogP contribution in [-0.4, -0.2) is 50.5 Å². The van der Waals surface area contributed by atoms with Crippen LogP contribution in [-0.2, 0) is 15.1 Å². The Balaban J connectivity index is 1.42. The van der Waals surface area contributed by atoms with Gasteiger partial charge in [-0.1, -0.05) is 68.4 Å². The predicted octanol–water partition coefficient (Wildman–Crippen LogP) is 4.46. The van der Waals surface area contributed by atoms with Crippen molar-refractivity contribution in [3.05, 3.63) is 90.3 Å². The first-order chi connectivity index (χ1) is 17.4. The van der Waals surface area contributed by atoms with E-state index in [9.17, 15) is 19.8 Å². The largest absolute Gasteiger partial charge is 0.382 e. The summed E-state index contributed by atoms with van der Waals surface area (Å²) in [6, 6.07) is 21.5. The number of nitrogens with zero attached hydrogens (tertiary/aromatic N) is 2. The molecule has 36 heavy (non-hydrogen) atoms. The van der Waals surface area contributed by atoms with E-state index in [-0.39, 0.29) is 12.3 Å². The number of pyridine rings is 1. The fourth-order valence-electron chi connectivity index (χ4n) is 5.38. The summed E-state index contributed by atoms with van der Waals surface area (Å²) in [5.74, 6) is -1.30. The lowest BCUT2D eigenvalue weighted by atomic mass is 9.84. The fraction of sp³-hybridized carbons (Fsp3) is 0.367. The number of hydrogen-bond acceptors (Lipinski definition) is 5. The van der Waals surface area contributed by atoms with Crippen molar-refractivity contribution in [2.45, 2.75) is 63.2 Å². The summed E-state index contributed by atoms with van der Waals surface area (Å²) in [5.41, 5.74) is 3.52. The molecule has 3 aromatic rings. The quantitative estimate of drug-likeness (QED) is 0.466. The second kappa shape index (κ2) is 11.1. The van der Waals surface area contributed by atoms with Crippen LogP contribution in [0.3, 0.4) is 0 Å². The summed E-state index contributed by atoms with van der Waals surface area (Å²) in [4.78, 5) is 31.9. The van der Waals surface area contributed by atoms with Crippen LogP contribution in [0.4, 0.5) is 0 Å². The number of Topliss-reactive ketones (excluding diaryl/α,β-unsaturated/α-hetero) is 1. The van der Waals surface area contributed by atoms with E-state index in [1.54, 1.807) is 17.3 Å². The molecular weight excluding hydrogens is 452 g/mol. The van der Waals surface area contributed by atoms with E-state index in [0.29, 0.717) is 13.0 Å². The molecule has 0 aliphatic carbocycles. The summed E-state index contributed by atoms with van der Waals surface area (Å²) < 4.78 is 0. The lowest BCUT2D eigenvalue weighted by Crippen LogP contribution is -2.53. The SMILES string of the molecule is CCC1(c2ccccc2)CCCN1C(=O)[C@H](O)[C@@H](O)C(=O)C[C@H](C)c1ccc(-c2ccncc2)cc1. The Labute approximate surface area is 212 Å². The molecule has 0 saturated carbocycles. The van der Waals surface area contributed by atoms with Crippen molar-refractivity contribution < 1.29 is 19.8 Å². The van der Waals surface area contributed by atoms with Crippen molar-refractivity contribution in [2.24, 2.45) is 0 Å². The average molecular weight is 487 g/mol. The monoisotopic (exact) mass is 486 g/mol. The molecule has 0 spiro atoms. The summed E-state index contributed by atoms with van der Waals surface area (Å²) in [6.45, 7) is 4.41. The summed E-state index contributed by atoms with van der Waals surface area (Å²) >= 11 is 0. The van der Waals surface area contributed by atoms with Gasteiger partial charge in [0.2, 0.25) is 0 Å². The molecule has 2 heterocycles. The maximum absolute atomic E-state index is 13.3. The molecule has 2 aromatic carbocycles. The number of ketones is 1. The van der Waals surface area contributed by atoms with Crippen molar-refractivity contribution in [1.29, 1.82) is 0 Å². The van der Waals surface area contributed by atoms with Crippen molar-refractivity contribution in [1.82, 2.24) is 9.88 Å². The number of aromatic nitrogens is 1. The standard InChI is InChI=1S/C30H34N2O4/c1-3-30(25-8-5-4-6-9-25)16-7-19-32(30)29(36)28(35)27(34)26(33)20-21(2)22-10-12-23(13-11-22)24-14-17-31-18-15-24/h4-6,8-15,17-18,21,27-28,34-35H,3,7,16,19-20H2,1-2H3/t21-,27-,28+,30?/m0/s1. The Morgan fingerprint density at radius 1 is 0.944 bits per heavy atom. The highest BCUT2D eigenvalue weighted by Gasteiger charge is 2.46. The van der Waals surface area contributed by atoms with Gasteiger partial charge in [0.1, 0.15) is 6.10 Å². The third kappa shape index (κ3) is 5.11. The Bertz CT molecular complexity index is 1170. The molecule has 1 aliphatic rings. The van der Waals surface area contributed by atoms with E-state index in [4.69, 9.17) is 0 Å². The van der Waals surface area contributed by atoms with Gasteiger partial charge < -0.3 is 15.1 Å². The molecule has 1 saturated heterocycles. The number of carbonyl (C=O) groups excluding carboxylic acids is 2. The molecule has 1 fully saturated rings. The van der Waals surface area contributed by atoms with Gasteiger partial charge in [0, 0.05) is 25.4 Å². The zero-order chi connectivity index (χ0) is 25.7. The van der Waals surface area contributed by atoms with Crippen LogP contribution in [0.2, 0.25) is 0 Å². The minimum absolute atomic E-state index is 0.0255. The van der Waals surface area contributed by atoms with Gasteiger partial charge in [-0.05, 0) is 59.6 Å². The molecule has 0 bridgehead atoms. The normalized spacial score (nSPS) is 20.1. The Kier molecular flexibility index (Phi) is 7.97. The van der Waals surface area contributed by atoms with Gasteiger partial charge in [0.15, 0.2) is 11.9 Å². The molecule has 188 valence electrons. The third-order valence-corrected chi connectivity index (χ3v) is 7.53. The molecule has 1 aromatic heterocycles. The minimum Gasteiger partial charge on any atom is -0.382 e. The summed E-state index contributed by atoms with van der Waals surface area (Å²) in [7, 11) is 0. The summed E-state index contributed by atoms with van der Waals surface area (Å²) in [5, 5.41) is 21.4. The second-order valence-electron chi connectivity index (χ2n) is 9.66. The van der Waals surface area contributed by atoms with Gasteiger partial charge in [0.05, 0.1) is 5.54 Å². The zero-order valence-electron chi connectivity index (χ0n) is 20.9. The minimum atomic E-state index is -1.79. The number of carbonyl (C=O) groups is 2. The van der Waals surface area contributed by atoms with Gasteiger partial charge in [-0.3, -0.25) is 14.6 Å². The van der Waals surface area contributed by atoms with E-state index >= 15 is 0 Å². The lowest BCUT2D eigenvalue weighted by Gasteiger charge is -2.40. The van der Waals surface area contributed by atoms with Crippen LogP contribution in [0.1, 0.15) is 56.6 Å². The molecule has 0 radical (unpaired) electrons. The van der Waals surface area contributed by atoms with Gasteiger partial charge in [-0.2, -0.15) is 0 Å². The van der Waals surface area contributed by atoms with E-state index in [0.717, 1.165) is 35.1 Å². The number of likely N-dealkylation sites (tertiary alicyclic amines) is 1. The molecule has 6 nitrogen and oxygen atoms in total. The molecule has 1 aliphatic heterocycles. The van der Waals surface area contributed by atoms with Crippen molar-refractivity contribution >= 4 is 11.7 Å². The number of rotatable bonds is 9. The number of benzene rings is 2. The number of amides is 1. The van der Waals surface area contributed by atoms with Crippen LogP contribution in [0.5, 0.6) is 0 Å². The smallest absolute Gasteiger partial charge is 0.255 e. The molecule has 4 rings (SSSR count). The molecular formula is C30H34N2O4. The summed E-state index contributed by atoms with van der Waals surface area (Å²) in [6.07, 6.45) is 2.23. The molecule has 4 atom stereocenters. The predicted molar refractivity (Wildman–Crippen MR) is 139 cm³/mol. The first-order valence-electron chi connectivity index (χ1n) is 12.6. The fourth-order valence-corrected chi connectivity index (χ4v) is 5.38. The Hall–Kier alpha value is -3.35. The van der Waals surface area contributed by atoms with Crippen molar-refractivity contribution in [3.8, 4) is 11.1 Å². The number of hydrogen-bond donors (Lipinski definition) is 2. The van der Waals surface area contributed by atoms with Gasteiger partial charge in [-0.25, -0.2) is 0 Å². The van der Waals surface area contributed by atoms with Crippen LogP contribution in [0.15, 0.2) is 79.1 Å². The van der Waals surface area contributed by atoms with E-state index in [2.05, 4.69) is 4.98 Å². The highest BCUT2D eigenvalue weighted by molar-refractivity contribution is 5.92. The van der Waals surface area contributed by atoms with Crippen molar-refractivity contribution in [3.63, 3.8) is 0 Å². The van der Waals surface area contributed by atoms with Gasteiger partial charge in [0.25, 0.3) is 5.91 Å². The third-order valence-electron chi connectivity index (χ3n) is 7.53. The van der Waals surface area contributed by atoms with Crippen molar-refractivity contribution in [2.75, 3.05) is 6.54 Å². The van der Waals surface area contributed by atoms with E-state index in [1.807, 2.05) is 80.6 Å². The maximum Gasteiger partial charge on any atom is 0.255 e. The van der Waals surface area contributed by atoms with Crippen LogP contribution < -0.4 is 0 Å². The van der Waals surface area contributed by atoms with Gasteiger partial charge >= 0.3 is 0 Å². The molecule has 6 heteroatoms. The van der Waals surface area contributed by atoms with Crippen LogP contribution in [0.25, 0.3) is 11.1 Å². The number of aliphatic hydroxyl groups is 2. The topological polar surface area (TPSA) is 90.7 Å². The Morgan fingerprint density at radius 3 is 2.22 bits per heavy atom. The van der Waals surface area contributed by atoms with Crippen LogP contribution in [0, 0.1) is 0 Å². The first kappa shape index (κ1) is 25.7. The van der Waals surface area contributed by atoms with Gasteiger partial charge in [-0.15, -0.1) is 0 Å². The van der Waals surface area contributed by atoms with E-state index in [1.165, 1.54) is 0 Å². The lowest BCUT2D eigenvalue weighted by molar-refractivity contribution is -0.156. The average Bonchev–Trinajstić information content (AvgIpc) is 3.38. The highest BCUT2D eigenvalue weighted by atomic mass is 16.3. The molecule has 1 amide bonds. The number of aliphatic hydroxyl groups excluding tert-OH is 2. The van der Waals surface area contributed by atoms with Crippen LogP contribution >= 0.6 is 0 Å². The zero-order valence-corrected chi connectivity index (χ0v) is 20.9. The second-order valence-corrected chi connectivity index (χ2v) is 9.66. The van der Waals surface area contributed by atoms with E-state index < -0.39 is 29.4 Å². The maximum atomic E-state index is 13.3. The first-order valence-corrected chi connectivity index (χ1v) is 12.6. The Morgan fingerprint density at radius 2 is 1.58 bits per heavy atom. The molecule has 1 unspecified atom stereocenters. The highest BCUT2D eigenvalue weighted by Crippen LogP contribution is 2.42.